The van der Waals surface area contributed by atoms with Gasteiger partial charge in [0.25, 0.3) is 21.8 Å². The van der Waals surface area contributed by atoms with E-state index in [2.05, 4.69) is 9.71 Å². The van der Waals surface area contributed by atoms with E-state index in [9.17, 15) is 22.8 Å². The molecule has 9 nitrogen and oxygen atoms in total. The van der Waals surface area contributed by atoms with Crippen LogP contribution in [0.1, 0.15) is 40.5 Å². The van der Waals surface area contributed by atoms with Crippen molar-refractivity contribution in [1.29, 1.82) is 0 Å². The van der Waals surface area contributed by atoms with E-state index in [0.717, 1.165) is 17.9 Å². The van der Waals surface area contributed by atoms with Gasteiger partial charge in [-0.05, 0) is 43.7 Å². The van der Waals surface area contributed by atoms with E-state index in [0.29, 0.717) is 12.3 Å². The average molecular weight is 455 g/mol. The van der Waals surface area contributed by atoms with Crippen LogP contribution in [0.3, 0.4) is 0 Å². The summed E-state index contributed by atoms with van der Waals surface area (Å²) in [5.74, 6) is -1.20. The number of imide groups is 1. The second-order valence-corrected chi connectivity index (χ2v) is 9.33. The fourth-order valence-corrected chi connectivity index (χ4v) is 4.90. The van der Waals surface area contributed by atoms with E-state index in [4.69, 9.17) is 0 Å². The van der Waals surface area contributed by atoms with Crippen LogP contribution in [0.2, 0.25) is 0 Å². The fraction of sp³-hybridized carbons (Fsp3) is 0.273. The maximum atomic E-state index is 12.8. The molecular formula is C22H22N4O5S. The Kier molecular flexibility index (Phi) is 5.55. The molecule has 3 amide bonds. The molecule has 2 aliphatic heterocycles. The number of hydrogen-bond acceptors (Lipinski definition) is 5. The van der Waals surface area contributed by atoms with E-state index in [1.54, 1.807) is 24.1 Å². The quantitative estimate of drug-likeness (QED) is 0.692. The van der Waals surface area contributed by atoms with Gasteiger partial charge in [-0.3, -0.25) is 19.3 Å². The van der Waals surface area contributed by atoms with Crippen molar-refractivity contribution in [3.63, 3.8) is 0 Å². The second-order valence-electron chi connectivity index (χ2n) is 7.73. The summed E-state index contributed by atoms with van der Waals surface area (Å²) in [4.78, 5) is 40.6. The van der Waals surface area contributed by atoms with Gasteiger partial charge in [0, 0.05) is 25.7 Å². The molecule has 2 aliphatic rings. The average Bonchev–Trinajstić information content (AvgIpc) is 3.28. The van der Waals surface area contributed by atoms with Gasteiger partial charge in [0.2, 0.25) is 5.91 Å². The summed E-state index contributed by atoms with van der Waals surface area (Å²) < 4.78 is 29.3. The lowest BCUT2D eigenvalue weighted by Crippen LogP contribution is -2.45. The Hall–Kier alpha value is -3.53. The molecule has 1 fully saturated rings. The van der Waals surface area contributed by atoms with Gasteiger partial charge in [-0.1, -0.05) is 18.2 Å². The first kappa shape index (κ1) is 21.7. The van der Waals surface area contributed by atoms with Crippen LogP contribution in [0.4, 0.5) is 5.69 Å². The molecule has 1 saturated heterocycles. The number of amidine groups is 1. The zero-order valence-electron chi connectivity index (χ0n) is 17.6. The van der Waals surface area contributed by atoms with Crippen molar-refractivity contribution in [2.45, 2.75) is 30.7 Å². The number of benzene rings is 2. The van der Waals surface area contributed by atoms with Gasteiger partial charge in [0.15, 0.2) is 0 Å². The zero-order chi connectivity index (χ0) is 23.0. The second kappa shape index (κ2) is 8.19. The number of nitrogens with one attached hydrogen (secondary N) is 1. The van der Waals surface area contributed by atoms with Gasteiger partial charge in [0.05, 0.1) is 16.0 Å². The van der Waals surface area contributed by atoms with Crippen LogP contribution in [0.15, 0.2) is 57.8 Å². The Morgan fingerprint density at radius 3 is 2.31 bits per heavy atom. The van der Waals surface area contributed by atoms with Crippen molar-refractivity contribution >= 4 is 39.3 Å². The molecule has 0 radical (unpaired) electrons. The van der Waals surface area contributed by atoms with Gasteiger partial charge in [-0.25, -0.2) is 0 Å². The number of amides is 3. The first-order valence-electron chi connectivity index (χ1n) is 10.1. The summed E-state index contributed by atoms with van der Waals surface area (Å²) in [6.45, 7) is 2.19. The highest BCUT2D eigenvalue weighted by molar-refractivity contribution is 7.90. The van der Waals surface area contributed by atoms with Gasteiger partial charge >= 0.3 is 0 Å². The highest BCUT2D eigenvalue weighted by atomic mass is 32.2. The number of hydrogen-bond donors (Lipinski definition) is 1. The summed E-state index contributed by atoms with van der Waals surface area (Å²) >= 11 is 0. The lowest BCUT2D eigenvalue weighted by atomic mass is 10.1. The van der Waals surface area contributed by atoms with Crippen molar-refractivity contribution in [3.05, 3.63) is 59.7 Å². The van der Waals surface area contributed by atoms with Crippen molar-refractivity contribution in [1.82, 2.24) is 9.80 Å². The van der Waals surface area contributed by atoms with Crippen molar-refractivity contribution < 1.29 is 22.8 Å². The number of fused-ring (bicyclic) bond motifs is 1. The minimum atomic E-state index is -3.95. The highest BCUT2D eigenvalue weighted by Crippen LogP contribution is 2.25. The van der Waals surface area contributed by atoms with Gasteiger partial charge in [0.1, 0.15) is 11.9 Å². The highest BCUT2D eigenvalue weighted by Gasteiger charge is 2.40. The maximum Gasteiger partial charge on any atom is 0.284 e. The van der Waals surface area contributed by atoms with Crippen LogP contribution < -0.4 is 5.32 Å². The molecule has 0 aliphatic carbocycles. The first-order valence-corrected chi connectivity index (χ1v) is 11.6. The molecule has 0 saturated carbocycles. The van der Waals surface area contributed by atoms with Crippen molar-refractivity contribution in [3.8, 4) is 0 Å². The third kappa shape index (κ3) is 3.89. The van der Waals surface area contributed by atoms with E-state index in [-0.39, 0.29) is 21.7 Å². The number of carbonyl (C=O) groups excluding carboxylic acids is 3. The van der Waals surface area contributed by atoms with Crippen LogP contribution in [0.5, 0.6) is 0 Å². The molecule has 10 heteroatoms. The number of sulfonamides is 1. The van der Waals surface area contributed by atoms with Crippen LogP contribution in [0.25, 0.3) is 0 Å². The summed E-state index contributed by atoms with van der Waals surface area (Å²) in [5.41, 5.74) is 0.724. The Morgan fingerprint density at radius 1 is 1.06 bits per heavy atom. The molecule has 4 rings (SSSR count). The molecule has 2 aromatic rings. The number of carbonyl (C=O) groups is 3. The van der Waals surface area contributed by atoms with Crippen LogP contribution in [0, 0.1) is 0 Å². The predicted molar refractivity (Wildman–Crippen MR) is 118 cm³/mol. The molecule has 166 valence electrons. The van der Waals surface area contributed by atoms with E-state index >= 15 is 0 Å². The van der Waals surface area contributed by atoms with Crippen LogP contribution in [-0.2, 0) is 14.8 Å². The smallest absolute Gasteiger partial charge is 0.284 e. The first-order chi connectivity index (χ1) is 15.2. The Balaban J connectivity index is 1.52. The van der Waals surface area contributed by atoms with Crippen molar-refractivity contribution in [2.75, 3.05) is 18.9 Å². The molecule has 1 atom stereocenters. The fourth-order valence-electron chi connectivity index (χ4n) is 3.76. The number of likely N-dealkylation sites (tertiary alicyclic amines) is 1. The Labute approximate surface area is 185 Å². The molecule has 32 heavy (non-hydrogen) atoms. The monoisotopic (exact) mass is 454 g/mol. The summed E-state index contributed by atoms with van der Waals surface area (Å²) in [6, 6.07) is 11.0. The molecule has 1 unspecified atom stereocenters. The maximum absolute atomic E-state index is 12.8. The number of anilines is 1. The van der Waals surface area contributed by atoms with Gasteiger partial charge in [-0.15, -0.1) is 4.40 Å². The molecule has 0 aromatic heterocycles. The lowest BCUT2D eigenvalue weighted by molar-refractivity contribution is -0.119. The lowest BCUT2D eigenvalue weighted by Gasteiger charge is -2.21. The zero-order valence-corrected chi connectivity index (χ0v) is 18.4. The molecule has 2 heterocycles. The standard InChI is InChI=1S/C22H22N4O5S/c1-14(26-21(28)17-9-3-4-10-18(17)22(26)29)20(27)23-15-7-5-8-16(13-15)32(30,31)24-19-11-6-12-25(19)2/h3-5,7-10,13-14H,6,11-12H2,1-2H3,(H,23,27)/b24-19-. The van der Waals surface area contributed by atoms with Crippen molar-refractivity contribution in [2.24, 2.45) is 4.40 Å². The largest absolute Gasteiger partial charge is 0.362 e. The topological polar surface area (TPSA) is 116 Å². The Morgan fingerprint density at radius 2 is 1.72 bits per heavy atom. The third-order valence-electron chi connectivity index (χ3n) is 5.55. The van der Waals surface area contributed by atoms with Gasteiger partial charge in [-0.2, -0.15) is 8.42 Å². The van der Waals surface area contributed by atoms with Crippen LogP contribution >= 0.6 is 0 Å². The minimum absolute atomic E-state index is 0.0588. The Bertz CT molecular complexity index is 1220. The van der Waals surface area contributed by atoms with Crippen LogP contribution in [-0.4, -0.2) is 61.4 Å². The summed E-state index contributed by atoms with van der Waals surface area (Å²) in [7, 11) is -2.16. The van der Waals surface area contributed by atoms with E-state index in [1.165, 1.54) is 43.3 Å². The summed E-state index contributed by atoms with van der Waals surface area (Å²) in [5, 5.41) is 2.59. The molecule has 1 N–H and O–H groups in total. The molecule has 0 spiro atoms. The minimum Gasteiger partial charge on any atom is -0.362 e. The SMILES string of the molecule is CC(C(=O)Nc1cccc(S(=O)(=O)/N=C2/CCCN2C)c1)N1C(=O)c2ccccc2C1=O. The number of nitrogens with zero attached hydrogens (tertiary/aromatic N) is 3. The molecule has 2 aromatic carbocycles. The van der Waals surface area contributed by atoms with E-state index < -0.39 is 33.8 Å². The normalized spacial score (nSPS) is 18.2. The van der Waals surface area contributed by atoms with Gasteiger partial charge < -0.3 is 10.2 Å². The number of rotatable bonds is 5. The summed E-state index contributed by atoms with van der Waals surface area (Å²) in [6.07, 6.45) is 1.43. The van der Waals surface area contributed by atoms with E-state index in [1.807, 2.05) is 0 Å². The third-order valence-corrected chi connectivity index (χ3v) is 6.85. The molecule has 0 bridgehead atoms. The predicted octanol–water partition coefficient (Wildman–Crippen LogP) is 2.12. The molecular weight excluding hydrogens is 432 g/mol.